The van der Waals surface area contributed by atoms with Gasteiger partial charge in [0.05, 0.1) is 9.77 Å². The highest BCUT2D eigenvalue weighted by molar-refractivity contribution is 7.91. The molecule has 19 heavy (non-hydrogen) atoms. The predicted molar refractivity (Wildman–Crippen MR) is 80.4 cm³/mol. The van der Waals surface area contributed by atoms with E-state index in [1.807, 2.05) is 54.6 Å². The Morgan fingerprint density at radius 1 is 0.895 bits per heavy atom. The third kappa shape index (κ3) is 2.17. The van der Waals surface area contributed by atoms with Crippen molar-refractivity contribution in [3.63, 3.8) is 0 Å². The van der Waals surface area contributed by atoms with Crippen molar-refractivity contribution in [2.75, 3.05) is 6.26 Å². The van der Waals surface area contributed by atoms with Gasteiger partial charge >= 0.3 is 0 Å². The van der Waals surface area contributed by atoms with Crippen LogP contribution >= 0.6 is 11.3 Å². The van der Waals surface area contributed by atoms with Crippen LogP contribution in [0.2, 0.25) is 0 Å². The summed E-state index contributed by atoms with van der Waals surface area (Å²) >= 11 is 1.52. The highest BCUT2D eigenvalue weighted by Gasteiger charge is 2.21. The average molecular weight is 288 g/mol. The zero-order valence-electron chi connectivity index (χ0n) is 10.3. The third-order valence-electron chi connectivity index (χ3n) is 2.96. The summed E-state index contributed by atoms with van der Waals surface area (Å²) in [4.78, 5) is 1.27. The van der Waals surface area contributed by atoms with Gasteiger partial charge in [0.2, 0.25) is 0 Å². The molecule has 2 aromatic carbocycles. The number of benzene rings is 2. The van der Waals surface area contributed by atoms with Gasteiger partial charge in [-0.3, -0.25) is 0 Å². The summed E-state index contributed by atoms with van der Waals surface area (Å²) in [6, 6.07) is 17.3. The van der Waals surface area contributed by atoms with Crippen molar-refractivity contribution in [1.82, 2.24) is 0 Å². The van der Waals surface area contributed by atoms with Gasteiger partial charge < -0.3 is 0 Å². The summed E-state index contributed by atoms with van der Waals surface area (Å²) in [6.07, 6.45) is 1.27. The molecule has 0 radical (unpaired) electrons. The van der Waals surface area contributed by atoms with Crippen LogP contribution in [0.5, 0.6) is 0 Å². The third-order valence-corrected chi connectivity index (χ3v) is 5.47. The van der Waals surface area contributed by atoms with E-state index in [4.69, 9.17) is 0 Å². The predicted octanol–water partition coefficient (Wildman–Crippen LogP) is 3.97. The standard InChI is InChI=1S/C15H12O2S2/c1-19(16,17)15-12-9-5-6-10-13(12)18-14(15)11-7-3-2-4-8-11/h2-10H,1H3. The van der Waals surface area contributed by atoms with Crippen molar-refractivity contribution in [2.24, 2.45) is 0 Å². The zero-order valence-corrected chi connectivity index (χ0v) is 12.0. The molecule has 0 saturated carbocycles. The van der Waals surface area contributed by atoms with E-state index in [0.717, 1.165) is 20.5 Å². The van der Waals surface area contributed by atoms with E-state index in [1.165, 1.54) is 17.6 Å². The average Bonchev–Trinajstić information content (AvgIpc) is 2.79. The topological polar surface area (TPSA) is 34.1 Å². The van der Waals surface area contributed by atoms with Gasteiger partial charge in [0.15, 0.2) is 9.84 Å². The number of sulfone groups is 1. The Kier molecular flexibility index (Phi) is 2.92. The molecule has 0 aliphatic rings. The molecule has 0 atom stereocenters. The van der Waals surface area contributed by atoms with Gasteiger partial charge in [-0.05, 0) is 11.6 Å². The monoisotopic (exact) mass is 288 g/mol. The van der Waals surface area contributed by atoms with Crippen molar-refractivity contribution >= 4 is 31.3 Å². The summed E-state index contributed by atoms with van der Waals surface area (Å²) < 4.78 is 25.2. The molecule has 3 rings (SSSR count). The van der Waals surface area contributed by atoms with Gasteiger partial charge in [0, 0.05) is 16.3 Å². The summed E-state index contributed by atoms with van der Waals surface area (Å²) in [6.45, 7) is 0. The lowest BCUT2D eigenvalue weighted by Crippen LogP contribution is -1.97. The summed E-state index contributed by atoms with van der Waals surface area (Å²) in [5.74, 6) is 0. The largest absolute Gasteiger partial charge is 0.224 e. The first-order chi connectivity index (χ1) is 9.07. The number of rotatable bonds is 2. The van der Waals surface area contributed by atoms with E-state index >= 15 is 0 Å². The summed E-state index contributed by atoms with van der Waals surface area (Å²) in [7, 11) is -3.25. The van der Waals surface area contributed by atoms with Gasteiger partial charge in [-0.25, -0.2) is 8.42 Å². The highest BCUT2D eigenvalue weighted by atomic mass is 32.2. The van der Waals surface area contributed by atoms with Crippen molar-refractivity contribution in [1.29, 1.82) is 0 Å². The van der Waals surface area contributed by atoms with E-state index in [9.17, 15) is 8.42 Å². The lowest BCUT2D eigenvalue weighted by atomic mass is 10.1. The Morgan fingerprint density at radius 2 is 1.53 bits per heavy atom. The normalized spacial score (nSPS) is 11.8. The fourth-order valence-corrected chi connectivity index (χ4v) is 4.95. The maximum absolute atomic E-state index is 12.1. The Morgan fingerprint density at radius 3 is 2.21 bits per heavy atom. The van der Waals surface area contributed by atoms with Gasteiger partial charge in [0.1, 0.15) is 0 Å². The smallest absolute Gasteiger partial charge is 0.177 e. The molecule has 0 fully saturated rings. The van der Waals surface area contributed by atoms with E-state index in [-0.39, 0.29) is 0 Å². The minimum atomic E-state index is -3.25. The van der Waals surface area contributed by atoms with E-state index < -0.39 is 9.84 Å². The Hall–Kier alpha value is -1.65. The molecule has 3 aromatic rings. The fourth-order valence-electron chi connectivity index (χ4n) is 2.17. The summed E-state index contributed by atoms with van der Waals surface area (Å²) in [5, 5.41) is 0.814. The van der Waals surface area contributed by atoms with Crippen molar-refractivity contribution in [3.05, 3.63) is 54.6 Å². The van der Waals surface area contributed by atoms with Crippen LogP contribution in [0.1, 0.15) is 0 Å². The van der Waals surface area contributed by atoms with Gasteiger partial charge in [-0.2, -0.15) is 0 Å². The van der Waals surface area contributed by atoms with Crippen LogP contribution in [0.15, 0.2) is 59.5 Å². The first-order valence-corrected chi connectivity index (χ1v) is 8.55. The maximum atomic E-state index is 12.1. The minimum absolute atomic E-state index is 0.444. The first-order valence-electron chi connectivity index (χ1n) is 5.84. The molecule has 0 bridgehead atoms. The van der Waals surface area contributed by atoms with Crippen LogP contribution < -0.4 is 0 Å². The van der Waals surface area contributed by atoms with Crippen molar-refractivity contribution in [2.45, 2.75) is 4.90 Å². The molecule has 0 aliphatic carbocycles. The second-order valence-corrected chi connectivity index (χ2v) is 7.40. The second-order valence-electron chi connectivity index (χ2n) is 4.39. The molecular weight excluding hydrogens is 276 g/mol. The molecule has 0 saturated heterocycles. The molecular formula is C15H12O2S2. The van der Waals surface area contributed by atoms with Crippen LogP contribution in [0, 0.1) is 0 Å². The lowest BCUT2D eigenvalue weighted by molar-refractivity contribution is 0.603. The number of fused-ring (bicyclic) bond motifs is 1. The number of hydrogen-bond acceptors (Lipinski definition) is 3. The van der Waals surface area contributed by atoms with Crippen molar-refractivity contribution < 1.29 is 8.42 Å². The molecule has 4 heteroatoms. The molecule has 1 aromatic heterocycles. The molecule has 2 nitrogen and oxygen atoms in total. The van der Waals surface area contributed by atoms with E-state index in [1.54, 1.807) is 0 Å². The molecule has 1 heterocycles. The van der Waals surface area contributed by atoms with Gasteiger partial charge in [-0.1, -0.05) is 48.5 Å². The molecule has 0 amide bonds. The maximum Gasteiger partial charge on any atom is 0.177 e. The van der Waals surface area contributed by atoms with Crippen LogP contribution in [-0.4, -0.2) is 14.7 Å². The van der Waals surface area contributed by atoms with Crippen molar-refractivity contribution in [3.8, 4) is 10.4 Å². The van der Waals surface area contributed by atoms with Gasteiger partial charge in [-0.15, -0.1) is 11.3 Å². The zero-order chi connectivity index (χ0) is 13.5. The molecule has 0 unspecified atom stereocenters. The van der Waals surface area contributed by atoms with Crippen LogP contribution in [0.4, 0.5) is 0 Å². The molecule has 0 N–H and O–H groups in total. The van der Waals surface area contributed by atoms with Crippen LogP contribution in [0.25, 0.3) is 20.5 Å². The Bertz CT molecular complexity index is 831. The number of hydrogen-bond donors (Lipinski definition) is 0. The molecule has 0 spiro atoms. The fraction of sp³-hybridized carbons (Fsp3) is 0.0667. The van der Waals surface area contributed by atoms with E-state index in [2.05, 4.69) is 0 Å². The van der Waals surface area contributed by atoms with Crippen LogP contribution in [-0.2, 0) is 9.84 Å². The lowest BCUT2D eigenvalue weighted by Gasteiger charge is -2.02. The van der Waals surface area contributed by atoms with Gasteiger partial charge in [0.25, 0.3) is 0 Å². The Labute approximate surface area is 116 Å². The molecule has 96 valence electrons. The van der Waals surface area contributed by atoms with E-state index in [0.29, 0.717) is 4.90 Å². The first kappa shape index (κ1) is 12.4. The van der Waals surface area contributed by atoms with Crippen LogP contribution in [0.3, 0.4) is 0 Å². The molecule has 0 aliphatic heterocycles. The second kappa shape index (κ2) is 4.47. The highest BCUT2D eigenvalue weighted by Crippen LogP contribution is 2.41. The summed E-state index contributed by atoms with van der Waals surface area (Å²) in [5.41, 5.74) is 0.948. The minimum Gasteiger partial charge on any atom is -0.224 e. The SMILES string of the molecule is CS(=O)(=O)c1c(-c2ccccc2)sc2ccccc12. The Balaban J connectivity index is 2.43. The quantitative estimate of drug-likeness (QED) is 0.715. The number of thiophene rings is 1.